The first-order valence-electron chi connectivity index (χ1n) is 9.66. The van der Waals surface area contributed by atoms with Crippen molar-refractivity contribution in [2.24, 2.45) is 0 Å². The standard InChI is InChI=1S/C22H26N4O/c1-17-20(19-5-2-3-6-21(19)24-17)15-22(27)26-12-4-11-25(13-14-26)16-18-7-9-23-10-8-18/h2-3,5-10,24H,4,11-16H2,1H3. The molecule has 3 heterocycles. The van der Waals surface area contributed by atoms with Gasteiger partial charge in [-0.05, 0) is 42.7 Å². The minimum absolute atomic E-state index is 0.230. The Labute approximate surface area is 160 Å². The Kier molecular flexibility index (Phi) is 5.21. The SMILES string of the molecule is Cc1[nH]c2ccccc2c1CC(=O)N1CCCN(Cc2ccncc2)CC1. The van der Waals surface area contributed by atoms with Crippen LogP contribution in [0.1, 0.15) is 23.2 Å². The summed E-state index contributed by atoms with van der Waals surface area (Å²) in [7, 11) is 0. The van der Waals surface area contributed by atoms with Crippen LogP contribution in [0.15, 0.2) is 48.8 Å². The molecular formula is C22H26N4O. The molecule has 27 heavy (non-hydrogen) atoms. The molecule has 3 aromatic rings. The van der Waals surface area contributed by atoms with E-state index in [0.29, 0.717) is 6.42 Å². The van der Waals surface area contributed by atoms with Crippen molar-refractivity contribution < 1.29 is 4.79 Å². The summed E-state index contributed by atoms with van der Waals surface area (Å²) in [6.45, 7) is 6.56. The van der Waals surface area contributed by atoms with Crippen LogP contribution in [-0.2, 0) is 17.8 Å². The molecule has 4 rings (SSSR count). The quantitative estimate of drug-likeness (QED) is 0.776. The molecule has 140 valence electrons. The van der Waals surface area contributed by atoms with Crippen molar-refractivity contribution in [3.63, 3.8) is 0 Å². The predicted molar refractivity (Wildman–Crippen MR) is 107 cm³/mol. The van der Waals surface area contributed by atoms with Crippen LogP contribution in [0.4, 0.5) is 0 Å². The Bertz CT molecular complexity index is 918. The molecule has 0 bridgehead atoms. The first-order chi connectivity index (χ1) is 13.2. The second-order valence-electron chi connectivity index (χ2n) is 7.32. The van der Waals surface area contributed by atoms with Crippen LogP contribution in [0.2, 0.25) is 0 Å². The third-order valence-electron chi connectivity index (χ3n) is 5.45. The molecule has 2 aromatic heterocycles. The number of fused-ring (bicyclic) bond motifs is 1. The molecule has 5 heteroatoms. The Morgan fingerprint density at radius 1 is 1.07 bits per heavy atom. The molecule has 1 fully saturated rings. The lowest BCUT2D eigenvalue weighted by atomic mass is 10.1. The number of para-hydroxylation sites is 1. The maximum atomic E-state index is 13.0. The number of H-pyrrole nitrogens is 1. The molecule has 1 aromatic carbocycles. The van der Waals surface area contributed by atoms with Crippen LogP contribution in [0.25, 0.3) is 10.9 Å². The summed E-state index contributed by atoms with van der Waals surface area (Å²) in [4.78, 5) is 24.9. The lowest BCUT2D eigenvalue weighted by Gasteiger charge is -2.22. The third kappa shape index (κ3) is 4.03. The van der Waals surface area contributed by atoms with Gasteiger partial charge in [-0.2, -0.15) is 0 Å². The van der Waals surface area contributed by atoms with Crippen LogP contribution in [0, 0.1) is 6.92 Å². The molecule has 1 N–H and O–H groups in total. The number of aromatic amines is 1. The van der Waals surface area contributed by atoms with Crippen molar-refractivity contribution in [3.8, 4) is 0 Å². The minimum Gasteiger partial charge on any atom is -0.358 e. The molecule has 0 atom stereocenters. The summed E-state index contributed by atoms with van der Waals surface area (Å²) < 4.78 is 0. The van der Waals surface area contributed by atoms with Crippen molar-refractivity contribution >= 4 is 16.8 Å². The molecule has 1 amide bonds. The highest BCUT2D eigenvalue weighted by atomic mass is 16.2. The van der Waals surface area contributed by atoms with Gasteiger partial charge in [0.1, 0.15) is 0 Å². The van der Waals surface area contributed by atoms with E-state index in [0.717, 1.165) is 61.3 Å². The van der Waals surface area contributed by atoms with Crippen LogP contribution >= 0.6 is 0 Å². The van der Waals surface area contributed by atoms with E-state index in [-0.39, 0.29) is 5.91 Å². The highest BCUT2D eigenvalue weighted by Gasteiger charge is 2.21. The Hall–Kier alpha value is -2.66. The van der Waals surface area contributed by atoms with Gasteiger partial charge in [0.2, 0.25) is 5.91 Å². The van der Waals surface area contributed by atoms with E-state index >= 15 is 0 Å². The molecule has 5 nitrogen and oxygen atoms in total. The van der Waals surface area contributed by atoms with E-state index < -0.39 is 0 Å². The number of benzene rings is 1. The zero-order valence-corrected chi connectivity index (χ0v) is 15.8. The Morgan fingerprint density at radius 2 is 1.89 bits per heavy atom. The molecule has 0 radical (unpaired) electrons. The van der Waals surface area contributed by atoms with Gasteiger partial charge in [0.25, 0.3) is 0 Å². The number of hydrogen-bond donors (Lipinski definition) is 1. The highest BCUT2D eigenvalue weighted by molar-refractivity contribution is 5.90. The van der Waals surface area contributed by atoms with Crippen LogP contribution in [0.3, 0.4) is 0 Å². The number of carbonyl (C=O) groups is 1. The normalized spacial score (nSPS) is 15.8. The van der Waals surface area contributed by atoms with Gasteiger partial charge in [0.05, 0.1) is 6.42 Å². The Morgan fingerprint density at radius 3 is 2.74 bits per heavy atom. The number of pyridine rings is 1. The van der Waals surface area contributed by atoms with E-state index in [9.17, 15) is 4.79 Å². The molecule has 0 unspecified atom stereocenters. The van der Waals surface area contributed by atoms with Crippen molar-refractivity contribution in [2.45, 2.75) is 26.3 Å². The van der Waals surface area contributed by atoms with E-state index in [4.69, 9.17) is 0 Å². The van der Waals surface area contributed by atoms with Crippen molar-refractivity contribution in [3.05, 3.63) is 65.6 Å². The topological polar surface area (TPSA) is 52.2 Å². The zero-order chi connectivity index (χ0) is 18.6. The van der Waals surface area contributed by atoms with E-state index in [1.54, 1.807) is 0 Å². The zero-order valence-electron chi connectivity index (χ0n) is 15.8. The molecule has 1 aliphatic rings. The number of aromatic nitrogens is 2. The first-order valence-corrected chi connectivity index (χ1v) is 9.66. The maximum absolute atomic E-state index is 13.0. The molecular weight excluding hydrogens is 336 g/mol. The lowest BCUT2D eigenvalue weighted by Crippen LogP contribution is -2.36. The second-order valence-corrected chi connectivity index (χ2v) is 7.32. The van der Waals surface area contributed by atoms with Crippen molar-refractivity contribution in [1.82, 2.24) is 19.8 Å². The number of rotatable bonds is 4. The number of carbonyl (C=O) groups excluding carboxylic acids is 1. The molecule has 0 spiro atoms. The van der Waals surface area contributed by atoms with Gasteiger partial charge in [-0.15, -0.1) is 0 Å². The molecule has 1 saturated heterocycles. The van der Waals surface area contributed by atoms with Gasteiger partial charge < -0.3 is 9.88 Å². The fraction of sp³-hybridized carbons (Fsp3) is 0.364. The van der Waals surface area contributed by atoms with E-state index in [1.165, 1.54) is 5.56 Å². The van der Waals surface area contributed by atoms with Crippen LogP contribution in [0.5, 0.6) is 0 Å². The largest absolute Gasteiger partial charge is 0.358 e. The summed E-state index contributed by atoms with van der Waals surface area (Å²) in [5.74, 6) is 0.230. The summed E-state index contributed by atoms with van der Waals surface area (Å²) in [6, 6.07) is 12.4. The van der Waals surface area contributed by atoms with Gasteiger partial charge in [-0.3, -0.25) is 14.7 Å². The Balaban J connectivity index is 1.40. The summed E-state index contributed by atoms with van der Waals surface area (Å²) >= 11 is 0. The number of hydrogen-bond acceptors (Lipinski definition) is 3. The van der Waals surface area contributed by atoms with Crippen molar-refractivity contribution in [1.29, 1.82) is 0 Å². The molecule has 0 saturated carbocycles. The number of nitrogens with zero attached hydrogens (tertiary/aromatic N) is 3. The monoisotopic (exact) mass is 362 g/mol. The van der Waals surface area contributed by atoms with E-state index in [2.05, 4.69) is 46.1 Å². The predicted octanol–water partition coefficient (Wildman–Crippen LogP) is 3.15. The molecule has 0 aliphatic carbocycles. The van der Waals surface area contributed by atoms with Gasteiger partial charge in [0.15, 0.2) is 0 Å². The minimum atomic E-state index is 0.230. The third-order valence-corrected chi connectivity index (χ3v) is 5.45. The second kappa shape index (κ2) is 7.92. The summed E-state index contributed by atoms with van der Waals surface area (Å²) in [6.07, 6.45) is 5.17. The number of amides is 1. The van der Waals surface area contributed by atoms with Crippen LogP contribution < -0.4 is 0 Å². The van der Waals surface area contributed by atoms with Gasteiger partial charge in [0, 0.05) is 61.7 Å². The van der Waals surface area contributed by atoms with Gasteiger partial charge >= 0.3 is 0 Å². The summed E-state index contributed by atoms with van der Waals surface area (Å²) in [5.41, 5.74) is 4.61. The van der Waals surface area contributed by atoms with Gasteiger partial charge in [-0.1, -0.05) is 18.2 Å². The number of nitrogens with one attached hydrogen (secondary N) is 1. The average molecular weight is 362 g/mol. The fourth-order valence-electron chi connectivity index (χ4n) is 3.95. The number of aryl methyl sites for hydroxylation is 1. The van der Waals surface area contributed by atoms with Crippen LogP contribution in [-0.4, -0.2) is 51.9 Å². The van der Waals surface area contributed by atoms with Gasteiger partial charge in [-0.25, -0.2) is 0 Å². The van der Waals surface area contributed by atoms with Crippen molar-refractivity contribution in [2.75, 3.05) is 26.2 Å². The highest BCUT2D eigenvalue weighted by Crippen LogP contribution is 2.23. The van der Waals surface area contributed by atoms with E-state index in [1.807, 2.05) is 29.4 Å². The lowest BCUT2D eigenvalue weighted by molar-refractivity contribution is -0.130. The maximum Gasteiger partial charge on any atom is 0.227 e. The fourth-order valence-corrected chi connectivity index (χ4v) is 3.95. The first kappa shape index (κ1) is 17.7. The summed E-state index contributed by atoms with van der Waals surface area (Å²) in [5, 5.41) is 1.16. The average Bonchev–Trinajstić information content (AvgIpc) is 2.84. The smallest absolute Gasteiger partial charge is 0.227 e. The molecule has 1 aliphatic heterocycles.